The van der Waals surface area contributed by atoms with Crippen LogP contribution in [0.3, 0.4) is 0 Å². The molecule has 0 aromatic rings. The van der Waals surface area contributed by atoms with Crippen LogP contribution in [0.5, 0.6) is 0 Å². The normalized spacial score (nSPS) is 19.4. The molecule has 1 aliphatic heterocycles. The van der Waals surface area contributed by atoms with E-state index >= 15 is 0 Å². The molecule has 0 aromatic heterocycles. The fraction of sp³-hybridized carbons (Fsp3) is 0.833. The molecular weight excluding hydrogens is 245 g/mol. The number of rotatable bonds is 3. The number of carbonyl (C=O) groups is 1. The summed E-state index contributed by atoms with van der Waals surface area (Å²) < 4.78 is 36.0. The zero-order valence-electron chi connectivity index (χ0n) is 10.4. The zero-order valence-corrected chi connectivity index (χ0v) is 10.4. The largest absolute Gasteiger partial charge is 0.389 e. The Bertz CT molecular complexity index is 338. The molecular formula is C12H17F3N2O. The molecule has 1 heterocycles. The average Bonchev–Trinajstić information content (AvgIpc) is 2.26. The lowest BCUT2D eigenvalue weighted by molar-refractivity contribution is -0.150. The SMILES string of the molecule is CC1(CC#N)CCN(C(=O)CCC(F)(F)F)CC1. The first kappa shape index (κ1) is 14.8. The van der Waals surface area contributed by atoms with Gasteiger partial charge in [-0.1, -0.05) is 6.92 Å². The van der Waals surface area contributed by atoms with Crippen LogP contribution in [0.1, 0.15) is 39.0 Å². The lowest BCUT2D eigenvalue weighted by Crippen LogP contribution is -2.42. The molecule has 1 fully saturated rings. The number of hydrogen-bond donors (Lipinski definition) is 0. The van der Waals surface area contributed by atoms with E-state index in [-0.39, 0.29) is 5.41 Å². The summed E-state index contributed by atoms with van der Waals surface area (Å²) in [6.07, 6.45) is -4.02. The number of piperidine rings is 1. The van der Waals surface area contributed by atoms with Crippen LogP contribution in [0.2, 0.25) is 0 Å². The highest BCUT2D eigenvalue weighted by atomic mass is 19.4. The summed E-state index contributed by atoms with van der Waals surface area (Å²) in [7, 11) is 0. The monoisotopic (exact) mass is 262 g/mol. The van der Waals surface area contributed by atoms with Crippen molar-refractivity contribution in [2.45, 2.75) is 45.2 Å². The van der Waals surface area contributed by atoms with Gasteiger partial charge in [-0.15, -0.1) is 0 Å². The van der Waals surface area contributed by atoms with Crippen LogP contribution in [0.4, 0.5) is 13.2 Å². The molecule has 6 heteroatoms. The molecule has 0 atom stereocenters. The molecule has 102 valence electrons. The Morgan fingerprint density at radius 1 is 1.39 bits per heavy atom. The maximum Gasteiger partial charge on any atom is 0.389 e. The van der Waals surface area contributed by atoms with Gasteiger partial charge in [0, 0.05) is 25.9 Å². The van der Waals surface area contributed by atoms with Gasteiger partial charge in [0.2, 0.25) is 5.91 Å². The summed E-state index contributed by atoms with van der Waals surface area (Å²) in [6, 6.07) is 2.11. The average molecular weight is 262 g/mol. The van der Waals surface area contributed by atoms with Crippen molar-refractivity contribution in [2.24, 2.45) is 5.41 Å². The molecule has 0 radical (unpaired) electrons. The Labute approximate surface area is 105 Å². The van der Waals surface area contributed by atoms with Gasteiger partial charge in [0.15, 0.2) is 0 Å². The lowest BCUT2D eigenvalue weighted by atomic mass is 9.78. The van der Waals surface area contributed by atoms with Crippen molar-refractivity contribution < 1.29 is 18.0 Å². The van der Waals surface area contributed by atoms with Gasteiger partial charge in [0.1, 0.15) is 0 Å². The minimum absolute atomic E-state index is 0.102. The van der Waals surface area contributed by atoms with Crippen LogP contribution >= 0.6 is 0 Å². The van der Waals surface area contributed by atoms with Gasteiger partial charge < -0.3 is 4.90 Å². The van der Waals surface area contributed by atoms with Crippen LogP contribution < -0.4 is 0 Å². The molecule has 18 heavy (non-hydrogen) atoms. The predicted molar refractivity (Wildman–Crippen MR) is 59.4 cm³/mol. The van der Waals surface area contributed by atoms with Crippen molar-refractivity contribution in [3.8, 4) is 6.07 Å². The highest BCUT2D eigenvalue weighted by Crippen LogP contribution is 2.34. The lowest BCUT2D eigenvalue weighted by Gasteiger charge is -2.38. The molecule has 0 aliphatic carbocycles. The molecule has 1 saturated heterocycles. The summed E-state index contributed by atoms with van der Waals surface area (Å²) in [4.78, 5) is 13.1. The van der Waals surface area contributed by atoms with Crippen molar-refractivity contribution in [3.05, 3.63) is 0 Å². The number of nitrogens with zero attached hydrogens (tertiary/aromatic N) is 2. The second-order valence-electron chi connectivity index (χ2n) is 5.14. The quantitative estimate of drug-likeness (QED) is 0.785. The Morgan fingerprint density at radius 2 is 1.94 bits per heavy atom. The van der Waals surface area contributed by atoms with Crippen molar-refractivity contribution in [2.75, 3.05) is 13.1 Å². The molecule has 1 aliphatic rings. The summed E-state index contributed by atoms with van der Waals surface area (Å²) in [5.74, 6) is -0.439. The van der Waals surface area contributed by atoms with E-state index in [4.69, 9.17) is 5.26 Å². The van der Waals surface area contributed by atoms with Crippen LogP contribution in [0, 0.1) is 16.7 Å². The van der Waals surface area contributed by atoms with E-state index in [2.05, 4.69) is 6.07 Å². The third-order valence-corrected chi connectivity index (χ3v) is 3.45. The van der Waals surface area contributed by atoms with Crippen molar-refractivity contribution in [1.29, 1.82) is 5.26 Å². The van der Waals surface area contributed by atoms with Gasteiger partial charge in [-0.25, -0.2) is 0 Å². The number of amides is 1. The second kappa shape index (κ2) is 5.59. The van der Waals surface area contributed by atoms with E-state index in [1.807, 2.05) is 6.92 Å². The summed E-state index contributed by atoms with van der Waals surface area (Å²) in [5, 5.41) is 8.68. The summed E-state index contributed by atoms with van der Waals surface area (Å²) in [6.45, 7) is 2.89. The summed E-state index contributed by atoms with van der Waals surface area (Å²) >= 11 is 0. The Balaban J connectivity index is 2.39. The molecule has 3 nitrogen and oxygen atoms in total. The van der Waals surface area contributed by atoms with Gasteiger partial charge in [-0.05, 0) is 18.3 Å². The zero-order chi connectivity index (χ0) is 13.8. The predicted octanol–water partition coefficient (Wildman–Crippen LogP) is 2.87. The highest BCUT2D eigenvalue weighted by molar-refractivity contribution is 5.76. The van der Waals surface area contributed by atoms with Crippen molar-refractivity contribution in [1.82, 2.24) is 4.90 Å². The van der Waals surface area contributed by atoms with E-state index < -0.39 is 24.9 Å². The third-order valence-electron chi connectivity index (χ3n) is 3.45. The molecule has 0 spiro atoms. The van der Waals surface area contributed by atoms with E-state index in [9.17, 15) is 18.0 Å². The van der Waals surface area contributed by atoms with Gasteiger partial charge in [0.05, 0.1) is 12.5 Å². The van der Waals surface area contributed by atoms with E-state index in [0.29, 0.717) is 32.4 Å². The van der Waals surface area contributed by atoms with Crippen LogP contribution in [-0.2, 0) is 4.79 Å². The molecule has 1 rings (SSSR count). The molecule has 0 N–H and O–H groups in total. The fourth-order valence-corrected chi connectivity index (χ4v) is 2.07. The number of likely N-dealkylation sites (tertiary alicyclic amines) is 1. The molecule has 0 bridgehead atoms. The number of alkyl halides is 3. The van der Waals surface area contributed by atoms with Gasteiger partial charge in [-0.2, -0.15) is 18.4 Å². The fourth-order valence-electron chi connectivity index (χ4n) is 2.07. The molecule has 1 amide bonds. The smallest absolute Gasteiger partial charge is 0.343 e. The van der Waals surface area contributed by atoms with Crippen LogP contribution in [0.15, 0.2) is 0 Å². The molecule has 0 unspecified atom stereocenters. The van der Waals surface area contributed by atoms with Gasteiger partial charge in [0.25, 0.3) is 0 Å². The molecule has 0 saturated carbocycles. The minimum atomic E-state index is -4.28. The Morgan fingerprint density at radius 3 is 2.39 bits per heavy atom. The van der Waals surface area contributed by atoms with Crippen LogP contribution in [0.25, 0.3) is 0 Å². The number of nitriles is 1. The summed E-state index contributed by atoms with van der Waals surface area (Å²) in [5.41, 5.74) is -0.102. The van der Waals surface area contributed by atoms with Gasteiger partial charge in [-0.3, -0.25) is 4.79 Å². The topological polar surface area (TPSA) is 44.1 Å². The minimum Gasteiger partial charge on any atom is -0.343 e. The molecule has 0 aromatic carbocycles. The standard InChI is InChI=1S/C12H17F3N2O/c1-11(4-7-16)5-8-17(9-6-11)10(18)2-3-12(13,14)15/h2-6,8-9H2,1H3. The van der Waals surface area contributed by atoms with E-state index in [0.717, 1.165) is 0 Å². The maximum absolute atomic E-state index is 12.0. The first-order valence-corrected chi connectivity index (χ1v) is 5.97. The Hall–Kier alpha value is -1.25. The second-order valence-corrected chi connectivity index (χ2v) is 5.14. The highest BCUT2D eigenvalue weighted by Gasteiger charge is 2.33. The van der Waals surface area contributed by atoms with Crippen LogP contribution in [-0.4, -0.2) is 30.1 Å². The number of halogens is 3. The first-order chi connectivity index (χ1) is 8.26. The Kier molecular flexibility index (Phi) is 4.60. The van der Waals surface area contributed by atoms with Crippen molar-refractivity contribution >= 4 is 5.91 Å². The van der Waals surface area contributed by atoms with E-state index in [1.54, 1.807) is 0 Å². The number of hydrogen-bond acceptors (Lipinski definition) is 2. The maximum atomic E-state index is 12.0. The van der Waals surface area contributed by atoms with Gasteiger partial charge >= 0.3 is 6.18 Å². The van der Waals surface area contributed by atoms with E-state index in [1.165, 1.54) is 4.90 Å². The van der Waals surface area contributed by atoms with Crippen molar-refractivity contribution in [3.63, 3.8) is 0 Å². The number of carbonyl (C=O) groups excluding carboxylic acids is 1. The third kappa shape index (κ3) is 4.55. The first-order valence-electron chi connectivity index (χ1n) is 5.97.